The molecule has 3 rings (SSSR count). The van der Waals surface area contributed by atoms with Gasteiger partial charge in [0.25, 0.3) is 0 Å². The van der Waals surface area contributed by atoms with Gasteiger partial charge in [-0.05, 0) is 31.0 Å². The van der Waals surface area contributed by atoms with Crippen LogP contribution in [-0.2, 0) is 0 Å². The van der Waals surface area contributed by atoms with Crippen LogP contribution in [0.25, 0.3) is 11.0 Å². The first-order valence-corrected chi connectivity index (χ1v) is 5.91. The number of hydrogen-bond donors (Lipinski definition) is 3. The second-order valence-electron chi connectivity index (χ2n) is 4.65. The minimum atomic E-state index is -0.444. The summed E-state index contributed by atoms with van der Waals surface area (Å²) in [7, 11) is 0. The molecule has 1 atom stereocenters. The highest BCUT2D eigenvalue weighted by atomic mass is 16.4. The first-order valence-electron chi connectivity index (χ1n) is 5.91. The first kappa shape index (κ1) is 11.7. The quantitative estimate of drug-likeness (QED) is 0.672. The molecule has 1 aromatic heterocycles. The molecule has 3 N–H and O–H groups in total. The van der Waals surface area contributed by atoms with Crippen molar-refractivity contribution in [2.24, 2.45) is 0 Å². The van der Waals surface area contributed by atoms with E-state index in [9.17, 15) is 9.59 Å². The van der Waals surface area contributed by atoms with Gasteiger partial charge in [0.2, 0.25) is 0 Å². The van der Waals surface area contributed by atoms with Crippen LogP contribution >= 0.6 is 0 Å². The molecule has 0 saturated carbocycles. The van der Waals surface area contributed by atoms with Crippen molar-refractivity contribution in [2.75, 3.05) is 0 Å². The van der Waals surface area contributed by atoms with E-state index in [1.54, 1.807) is 0 Å². The number of nitrogens with one attached hydrogen (secondary N) is 3. The van der Waals surface area contributed by atoms with Gasteiger partial charge in [0, 0.05) is 17.0 Å². The van der Waals surface area contributed by atoms with Crippen LogP contribution in [0.15, 0.2) is 27.4 Å². The molecule has 2 heterocycles. The van der Waals surface area contributed by atoms with Gasteiger partial charge in [-0.1, -0.05) is 6.07 Å². The van der Waals surface area contributed by atoms with E-state index in [0.29, 0.717) is 11.1 Å². The monoisotopic (exact) mass is 259 g/mol. The van der Waals surface area contributed by atoms with Crippen molar-refractivity contribution in [2.45, 2.75) is 20.0 Å². The lowest BCUT2D eigenvalue weighted by Gasteiger charge is -2.13. The van der Waals surface area contributed by atoms with Crippen molar-refractivity contribution in [1.82, 2.24) is 16.2 Å². The molecule has 1 aliphatic heterocycles. The van der Waals surface area contributed by atoms with Crippen LogP contribution in [0.5, 0.6) is 0 Å². The van der Waals surface area contributed by atoms with Crippen molar-refractivity contribution >= 4 is 17.0 Å². The summed E-state index contributed by atoms with van der Waals surface area (Å²) >= 11 is 0. The molecule has 1 aromatic carbocycles. The highest BCUT2D eigenvalue weighted by Gasteiger charge is 2.24. The Balaban J connectivity index is 2.29. The number of amides is 2. The fraction of sp³-hybridized carbons (Fsp3) is 0.231. The topological polar surface area (TPSA) is 83.4 Å². The molecule has 2 aromatic rings. The molecule has 6 nitrogen and oxygen atoms in total. The fourth-order valence-electron chi connectivity index (χ4n) is 2.44. The molecular formula is C13H13N3O3. The van der Waals surface area contributed by atoms with Gasteiger partial charge in [-0.25, -0.2) is 15.0 Å². The lowest BCUT2D eigenvalue weighted by Crippen LogP contribution is -2.27. The maximum Gasteiger partial charge on any atom is 0.336 e. The van der Waals surface area contributed by atoms with Crippen molar-refractivity contribution < 1.29 is 9.21 Å². The normalized spacial score (nSPS) is 18.4. The molecule has 6 heteroatoms. The Labute approximate surface area is 108 Å². The van der Waals surface area contributed by atoms with Gasteiger partial charge in [-0.3, -0.25) is 5.43 Å². The molecule has 19 heavy (non-hydrogen) atoms. The van der Waals surface area contributed by atoms with E-state index < -0.39 is 11.8 Å². The highest BCUT2D eigenvalue weighted by molar-refractivity contribution is 5.86. The van der Waals surface area contributed by atoms with Crippen LogP contribution in [0, 0.1) is 13.8 Å². The molecule has 0 radical (unpaired) electrons. The maximum atomic E-state index is 11.6. The number of benzene rings is 1. The summed E-state index contributed by atoms with van der Waals surface area (Å²) in [4.78, 5) is 22.8. The fourth-order valence-corrected chi connectivity index (χ4v) is 2.44. The average Bonchev–Trinajstić information content (AvgIpc) is 2.73. The molecular weight excluding hydrogens is 246 g/mol. The molecule has 1 unspecified atom stereocenters. The Hall–Kier alpha value is -2.34. The molecule has 98 valence electrons. The molecule has 1 fully saturated rings. The minimum absolute atomic E-state index is 0.323. The van der Waals surface area contributed by atoms with Crippen molar-refractivity contribution in [3.05, 3.63) is 45.3 Å². The van der Waals surface area contributed by atoms with E-state index in [-0.39, 0.29) is 6.03 Å². The SMILES string of the molecule is Cc1cc(C)c2c(C3NNC(=O)N3)cc(=O)oc2c1. The predicted octanol–water partition coefficient (Wildman–Crippen LogP) is 1.23. The molecule has 0 aliphatic carbocycles. The third kappa shape index (κ3) is 1.96. The number of carbonyl (C=O) groups is 1. The zero-order valence-electron chi connectivity index (χ0n) is 10.5. The van der Waals surface area contributed by atoms with Gasteiger partial charge in [-0.2, -0.15) is 0 Å². The van der Waals surface area contributed by atoms with Crippen LogP contribution in [0.1, 0.15) is 22.9 Å². The second-order valence-corrected chi connectivity index (χ2v) is 4.65. The van der Waals surface area contributed by atoms with Crippen LogP contribution in [0.4, 0.5) is 4.79 Å². The summed E-state index contributed by atoms with van der Waals surface area (Å²) in [5, 5.41) is 3.53. The molecule has 0 bridgehead atoms. The third-order valence-electron chi connectivity index (χ3n) is 3.13. The summed E-state index contributed by atoms with van der Waals surface area (Å²) in [6.45, 7) is 3.89. The summed E-state index contributed by atoms with van der Waals surface area (Å²) in [6.07, 6.45) is -0.444. The van der Waals surface area contributed by atoms with Gasteiger partial charge in [0.05, 0.1) is 0 Å². The van der Waals surface area contributed by atoms with Crippen molar-refractivity contribution in [1.29, 1.82) is 0 Å². The van der Waals surface area contributed by atoms with Gasteiger partial charge < -0.3 is 9.73 Å². The first-order chi connectivity index (χ1) is 9.04. The summed E-state index contributed by atoms with van der Waals surface area (Å²) in [5.74, 6) is 0. The lowest BCUT2D eigenvalue weighted by molar-refractivity contribution is 0.247. The summed E-state index contributed by atoms with van der Waals surface area (Å²) in [6, 6.07) is 4.90. The van der Waals surface area contributed by atoms with E-state index in [2.05, 4.69) is 16.2 Å². The number of carbonyl (C=O) groups excluding carboxylic acids is 1. The second kappa shape index (κ2) is 4.10. The largest absolute Gasteiger partial charge is 0.423 e. The number of fused-ring (bicyclic) bond motifs is 1. The maximum absolute atomic E-state index is 11.6. The number of urea groups is 1. The van der Waals surface area contributed by atoms with Gasteiger partial charge >= 0.3 is 11.7 Å². The zero-order valence-corrected chi connectivity index (χ0v) is 10.5. The third-order valence-corrected chi connectivity index (χ3v) is 3.13. The van der Waals surface area contributed by atoms with Crippen LogP contribution in [-0.4, -0.2) is 6.03 Å². The standard InChI is InChI=1S/C13H13N3O3/c1-6-3-7(2)11-8(12-14-13(18)16-15-12)5-10(17)19-9(11)4-6/h3-5,12,15H,1-2H3,(H2,14,16,18). The summed E-state index contributed by atoms with van der Waals surface area (Å²) in [5.41, 5.74) is 8.05. The number of aryl methyl sites for hydroxylation is 2. The smallest absolute Gasteiger partial charge is 0.336 e. The Kier molecular flexibility index (Phi) is 2.53. The van der Waals surface area contributed by atoms with Crippen LogP contribution in [0.3, 0.4) is 0 Å². The average molecular weight is 259 g/mol. The Morgan fingerprint density at radius 1 is 1.16 bits per heavy atom. The van der Waals surface area contributed by atoms with Crippen molar-refractivity contribution in [3.63, 3.8) is 0 Å². The highest BCUT2D eigenvalue weighted by Crippen LogP contribution is 2.26. The van der Waals surface area contributed by atoms with E-state index >= 15 is 0 Å². The van der Waals surface area contributed by atoms with E-state index in [1.807, 2.05) is 26.0 Å². The number of rotatable bonds is 1. The Bertz CT molecular complexity index is 736. The Morgan fingerprint density at radius 2 is 1.95 bits per heavy atom. The molecule has 2 amide bonds. The van der Waals surface area contributed by atoms with Gasteiger partial charge in [-0.15, -0.1) is 0 Å². The van der Waals surface area contributed by atoms with E-state index in [0.717, 1.165) is 16.5 Å². The molecule has 1 saturated heterocycles. The van der Waals surface area contributed by atoms with E-state index in [4.69, 9.17) is 4.42 Å². The van der Waals surface area contributed by atoms with Gasteiger partial charge in [0.15, 0.2) is 0 Å². The van der Waals surface area contributed by atoms with E-state index in [1.165, 1.54) is 6.07 Å². The Morgan fingerprint density at radius 3 is 2.63 bits per heavy atom. The zero-order chi connectivity index (χ0) is 13.6. The van der Waals surface area contributed by atoms with Crippen LogP contribution in [0.2, 0.25) is 0 Å². The molecule has 0 spiro atoms. The predicted molar refractivity (Wildman–Crippen MR) is 69.5 cm³/mol. The molecule has 1 aliphatic rings. The van der Waals surface area contributed by atoms with Crippen LogP contribution < -0.4 is 21.8 Å². The lowest BCUT2D eigenvalue weighted by atomic mass is 10.0. The minimum Gasteiger partial charge on any atom is -0.423 e. The van der Waals surface area contributed by atoms with Gasteiger partial charge in [0.1, 0.15) is 11.7 Å². The number of hydrogen-bond acceptors (Lipinski definition) is 4. The number of hydrazine groups is 1. The van der Waals surface area contributed by atoms with Crippen molar-refractivity contribution in [3.8, 4) is 0 Å². The summed E-state index contributed by atoms with van der Waals surface area (Å²) < 4.78 is 5.23.